The molecule has 2 aromatic rings. The van der Waals surface area contributed by atoms with Gasteiger partial charge >= 0.3 is 6.09 Å². The lowest BCUT2D eigenvalue weighted by atomic mass is 9.99. The van der Waals surface area contributed by atoms with E-state index in [2.05, 4.69) is 22.0 Å². The van der Waals surface area contributed by atoms with Gasteiger partial charge in [-0.15, -0.1) is 0 Å². The van der Waals surface area contributed by atoms with Crippen molar-refractivity contribution in [3.63, 3.8) is 0 Å². The van der Waals surface area contributed by atoms with Crippen LogP contribution in [-0.2, 0) is 26.4 Å². The minimum atomic E-state index is -0.883. The number of hydrogen-bond acceptors (Lipinski definition) is 3. The van der Waals surface area contributed by atoms with Crippen LogP contribution in [0.4, 0.5) is 4.79 Å². The molecule has 1 amide bonds. The largest absolute Gasteiger partial charge is 0.493 e. The fourth-order valence-electron chi connectivity index (χ4n) is 3.29. The Kier molecular flexibility index (Phi) is 5.52. The molecule has 0 bridgehead atoms. The number of nitrogens with zero attached hydrogens (tertiary/aromatic N) is 3. The van der Waals surface area contributed by atoms with Crippen LogP contribution in [-0.4, -0.2) is 33.8 Å². The Balaban J connectivity index is 1.60. The fraction of sp³-hybridized carbons (Fsp3) is 0.368. The topological polar surface area (TPSA) is 78.5 Å². The SMILES string of the molecule is Cn1c(C#N)cc(Br)c1CCCOc1cccc2c1CCN(C(=O)O)C2. The standard InChI is InChI=1S/C19H20BrN3O3/c1-22-14(11-21)10-16(20)17(22)5-3-9-26-18-6-2-4-13-12-23(19(24)25)8-7-15(13)18/h2,4,6,10H,3,5,7-9,12H2,1H3,(H,24,25). The van der Waals surface area contributed by atoms with E-state index in [4.69, 9.17) is 15.1 Å². The fourth-order valence-corrected chi connectivity index (χ4v) is 3.98. The van der Waals surface area contributed by atoms with E-state index in [-0.39, 0.29) is 0 Å². The molecule has 0 radical (unpaired) electrons. The number of rotatable bonds is 5. The van der Waals surface area contributed by atoms with Gasteiger partial charge in [0.25, 0.3) is 0 Å². The summed E-state index contributed by atoms with van der Waals surface area (Å²) in [6, 6.07) is 9.82. The van der Waals surface area contributed by atoms with Crippen LogP contribution in [0, 0.1) is 11.3 Å². The number of nitriles is 1. The Labute approximate surface area is 160 Å². The third kappa shape index (κ3) is 3.70. The van der Waals surface area contributed by atoms with Crippen LogP contribution < -0.4 is 4.74 Å². The van der Waals surface area contributed by atoms with E-state index in [1.54, 1.807) is 0 Å². The summed E-state index contributed by atoms with van der Waals surface area (Å²) < 4.78 is 8.82. The zero-order chi connectivity index (χ0) is 18.7. The van der Waals surface area contributed by atoms with Crippen LogP contribution in [0.15, 0.2) is 28.7 Å². The van der Waals surface area contributed by atoms with Gasteiger partial charge in [-0.25, -0.2) is 4.79 Å². The third-order valence-corrected chi connectivity index (χ3v) is 5.42. The Morgan fingerprint density at radius 3 is 2.96 bits per heavy atom. The number of carboxylic acid groups (broad SMARTS) is 1. The van der Waals surface area contributed by atoms with Crippen molar-refractivity contribution in [1.29, 1.82) is 5.26 Å². The molecule has 136 valence electrons. The number of amides is 1. The highest BCUT2D eigenvalue weighted by Crippen LogP contribution is 2.28. The van der Waals surface area contributed by atoms with Crippen molar-refractivity contribution in [2.75, 3.05) is 13.2 Å². The van der Waals surface area contributed by atoms with Gasteiger partial charge in [0, 0.05) is 35.9 Å². The van der Waals surface area contributed by atoms with Crippen LogP contribution >= 0.6 is 15.9 Å². The molecule has 0 unspecified atom stereocenters. The van der Waals surface area contributed by atoms with Crippen LogP contribution in [0.2, 0.25) is 0 Å². The summed E-state index contributed by atoms with van der Waals surface area (Å²) >= 11 is 3.51. The maximum atomic E-state index is 11.1. The van der Waals surface area contributed by atoms with E-state index >= 15 is 0 Å². The zero-order valence-electron chi connectivity index (χ0n) is 14.5. The highest BCUT2D eigenvalue weighted by molar-refractivity contribution is 9.10. The maximum Gasteiger partial charge on any atom is 0.407 e. The van der Waals surface area contributed by atoms with Crippen molar-refractivity contribution in [2.45, 2.75) is 25.8 Å². The summed E-state index contributed by atoms with van der Waals surface area (Å²) in [4.78, 5) is 12.6. The molecular weight excluding hydrogens is 398 g/mol. The van der Waals surface area contributed by atoms with Gasteiger partial charge in [0.2, 0.25) is 0 Å². The number of aromatic nitrogens is 1. The first-order valence-electron chi connectivity index (χ1n) is 8.47. The quantitative estimate of drug-likeness (QED) is 0.751. The smallest absolute Gasteiger partial charge is 0.407 e. The van der Waals surface area contributed by atoms with E-state index in [9.17, 15) is 4.79 Å². The number of halogens is 1. The van der Waals surface area contributed by atoms with Gasteiger partial charge in [-0.1, -0.05) is 12.1 Å². The second-order valence-electron chi connectivity index (χ2n) is 6.30. The predicted octanol–water partition coefficient (Wildman–Crippen LogP) is 3.71. The van der Waals surface area contributed by atoms with Crippen molar-refractivity contribution < 1.29 is 14.6 Å². The molecule has 7 heteroatoms. The van der Waals surface area contributed by atoms with Crippen LogP contribution in [0.3, 0.4) is 0 Å². The number of hydrogen-bond donors (Lipinski definition) is 1. The molecule has 1 aromatic heterocycles. The Morgan fingerprint density at radius 2 is 2.27 bits per heavy atom. The minimum Gasteiger partial charge on any atom is -0.493 e. The number of ether oxygens (including phenoxy) is 1. The molecule has 2 heterocycles. The average Bonchev–Trinajstić information content (AvgIpc) is 2.91. The van der Waals surface area contributed by atoms with Crippen molar-refractivity contribution in [1.82, 2.24) is 9.47 Å². The summed E-state index contributed by atoms with van der Waals surface area (Å²) in [6.45, 7) is 1.48. The lowest BCUT2D eigenvalue weighted by Gasteiger charge is -2.27. The van der Waals surface area contributed by atoms with Crippen LogP contribution in [0.25, 0.3) is 0 Å². The van der Waals surface area contributed by atoms with Gasteiger partial charge in [-0.05, 0) is 52.9 Å². The first kappa shape index (κ1) is 18.3. The van der Waals surface area contributed by atoms with Crippen molar-refractivity contribution in [3.8, 4) is 11.8 Å². The molecule has 0 saturated carbocycles. The molecule has 0 atom stereocenters. The summed E-state index contributed by atoms with van der Waals surface area (Å²) in [6.07, 6.45) is 1.42. The Morgan fingerprint density at radius 1 is 1.46 bits per heavy atom. The van der Waals surface area contributed by atoms with E-state index in [1.807, 2.05) is 35.9 Å². The monoisotopic (exact) mass is 417 g/mol. The molecule has 0 aliphatic carbocycles. The van der Waals surface area contributed by atoms with E-state index in [0.29, 0.717) is 31.8 Å². The first-order chi connectivity index (χ1) is 12.5. The van der Waals surface area contributed by atoms with E-state index in [0.717, 1.165) is 39.9 Å². The predicted molar refractivity (Wildman–Crippen MR) is 100 cm³/mol. The zero-order valence-corrected chi connectivity index (χ0v) is 16.1. The highest BCUT2D eigenvalue weighted by Gasteiger charge is 2.22. The molecule has 0 saturated heterocycles. The van der Waals surface area contributed by atoms with Gasteiger partial charge in [-0.2, -0.15) is 5.26 Å². The molecule has 1 aliphatic heterocycles. The molecule has 6 nitrogen and oxygen atoms in total. The lowest BCUT2D eigenvalue weighted by molar-refractivity contribution is 0.139. The molecular formula is C19H20BrN3O3. The maximum absolute atomic E-state index is 11.1. The Hall–Kier alpha value is -2.46. The van der Waals surface area contributed by atoms with Crippen molar-refractivity contribution in [2.24, 2.45) is 7.05 Å². The summed E-state index contributed by atoms with van der Waals surface area (Å²) in [5, 5.41) is 18.2. The third-order valence-electron chi connectivity index (χ3n) is 4.73. The van der Waals surface area contributed by atoms with Gasteiger partial charge in [0.05, 0.1) is 6.61 Å². The van der Waals surface area contributed by atoms with Gasteiger partial charge < -0.3 is 19.3 Å². The summed E-state index contributed by atoms with van der Waals surface area (Å²) in [5.74, 6) is 0.844. The normalized spacial score (nSPS) is 13.2. The van der Waals surface area contributed by atoms with Gasteiger partial charge in [0.15, 0.2) is 0 Å². The summed E-state index contributed by atoms with van der Waals surface area (Å²) in [7, 11) is 1.89. The second kappa shape index (κ2) is 7.83. The first-order valence-corrected chi connectivity index (χ1v) is 9.26. The summed E-state index contributed by atoms with van der Waals surface area (Å²) in [5.41, 5.74) is 3.84. The minimum absolute atomic E-state index is 0.412. The average molecular weight is 418 g/mol. The number of fused-ring (bicyclic) bond motifs is 1. The molecule has 1 aromatic carbocycles. The lowest BCUT2D eigenvalue weighted by Crippen LogP contribution is -2.34. The molecule has 3 rings (SSSR count). The number of carbonyl (C=O) groups is 1. The van der Waals surface area contributed by atoms with E-state index in [1.165, 1.54) is 4.90 Å². The van der Waals surface area contributed by atoms with Gasteiger partial charge in [-0.3, -0.25) is 0 Å². The van der Waals surface area contributed by atoms with Crippen molar-refractivity contribution in [3.05, 3.63) is 51.3 Å². The second-order valence-corrected chi connectivity index (χ2v) is 7.15. The van der Waals surface area contributed by atoms with Crippen LogP contribution in [0.1, 0.15) is 28.9 Å². The molecule has 1 aliphatic rings. The van der Waals surface area contributed by atoms with E-state index < -0.39 is 6.09 Å². The van der Waals surface area contributed by atoms with Crippen molar-refractivity contribution >= 4 is 22.0 Å². The number of benzene rings is 1. The Bertz CT molecular complexity index is 870. The highest BCUT2D eigenvalue weighted by atomic mass is 79.9. The molecule has 1 N–H and O–H groups in total. The molecule has 0 spiro atoms. The molecule has 26 heavy (non-hydrogen) atoms. The van der Waals surface area contributed by atoms with Gasteiger partial charge in [0.1, 0.15) is 17.5 Å². The molecule has 0 fully saturated rings. The van der Waals surface area contributed by atoms with Crippen LogP contribution in [0.5, 0.6) is 5.75 Å².